The lowest BCUT2D eigenvalue weighted by atomic mass is 10.1. The molecule has 1 aliphatic heterocycles. The number of ether oxygens (including phenoxy) is 1. The van der Waals surface area contributed by atoms with E-state index in [9.17, 15) is 9.59 Å². The van der Waals surface area contributed by atoms with Gasteiger partial charge in [0.05, 0.1) is 25.0 Å². The number of likely N-dealkylation sites (tertiary alicyclic amines) is 1. The van der Waals surface area contributed by atoms with Gasteiger partial charge in [-0.2, -0.15) is 4.98 Å². The van der Waals surface area contributed by atoms with Crippen molar-refractivity contribution in [2.75, 3.05) is 26.0 Å². The van der Waals surface area contributed by atoms with Gasteiger partial charge in [0.25, 0.3) is 6.47 Å². The first-order valence-electron chi connectivity index (χ1n) is 10.0. The predicted octanol–water partition coefficient (Wildman–Crippen LogP) is 1.23. The number of methoxy groups -OCH3 is 1. The summed E-state index contributed by atoms with van der Waals surface area (Å²) in [5.74, 6) is 2.65. The first kappa shape index (κ1) is 24.1. The fraction of sp³-hybridized carbons (Fsp3) is 0.737. The van der Waals surface area contributed by atoms with Crippen LogP contribution in [0.1, 0.15) is 43.8 Å². The normalized spacial score (nSPS) is 20.9. The summed E-state index contributed by atoms with van der Waals surface area (Å²) in [7, 11) is 1.44. The Kier molecular flexibility index (Phi) is 10.1. The second-order valence-electron chi connectivity index (χ2n) is 7.44. The van der Waals surface area contributed by atoms with E-state index >= 15 is 0 Å². The molecule has 1 saturated heterocycles. The molecular weight excluding hydrogens is 412 g/mol. The molecule has 2 fully saturated rings. The number of nitrogens with zero attached hydrogens (tertiary/aromatic N) is 3. The Bertz CT molecular complexity index is 696. The van der Waals surface area contributed by atoms with Gasteiger partial charge in [-0.3, -0.25) is 19.3 Å². The Hall–Kier alpha value is -2.14. The van der Waals surface area contributed by atoms with Gasteiger partial charge < -0.3 is 19.7 Å². The van der Waals surface area contributed by atoms with Crippen molar-refractivity contribution in [2.45, 2.75) is 56.9 Å². The molecule has 1 aliphatic carbocycles. The molecule has 1 aromatic rings. The Morgan fingerprint density at radius 3 is 2.63 bits per heavy atom. The fourth-order valence-electron chi connectivity index (χ4n) is 3.54. The number of hydrogen-bond donors (Lipinski definition) is 2. The van der Waals surface area contributed by atoms with Crippen LogP contribution < -0.4 is 5.32 Å². The predicted molar refractivity (Wildman–Crippen MR) is 110 cm³/mol. The van der Waals surface area contributed by atoms with E-state index < -0.39 is 0 Å². The van der Waals surface area contributed by atoms with Gasteiger partial charge in [-0.1, -0.05) is 5.16 Å². The van der Waals surface area contributed by atoms with Crippen LogP contribution in [-0.2, 0) is 24.9 Å². The van der Waals surface area contributed by atoms with E-state index in [-0.39, 0.29) is 24.4 Å². The maximum Gasteiger partial charge on any atom is 0.307 e. The highest BCUT2D eigenvalue weighted by molar-refractivity contribution is 7.99. The number of nitrogens with one attached hydrogen (secondary N) is 1. The number of aromatic nitrogens is 2. The molecule has 2 heterocycles. The highest BCUT2D eigenvalue weighted by Crippen LogP contribution is 2.35. The van der Waals surface area contributed by atoms with Crippen LogP contribution in [0, 0.1) is 12.8 Å². The zero-order chi connectivity index (χ0) is 21.9. The van der Waals surface area contributed by atoms with Crippen LogP contribution in [0.2, 0.25) is 0 Å². The van der Waals surface area contributed by atoms with Crippen LogP contribution in [0.5, 0.6) is 0 Å². The first-order valence-corrected chi connectivity index (χ1v) is 11.2. The van der Waals surface area contributed by atoms with E-state index in [2.05, 4.69) is 20.4 Å². The molecule has 0 unspecified atom stereocenters. The number of carbonyl (C=O) groups is 3. The summed E-state index contributed by atoms with van der Waals surface area (Å²) < 4.78 is 9.88. The van der Waals surface area contributed by atoms with Gasteiger partial charge in [-0.25, -0.2) is 0 Å². The van der Waals surface area contributed by atoms with Crippen LogP contribution in [0.25, 0.3) is 0 Å². The third kappa shape index (κ3) is 8.31. The van der Waals surface area contributed by atoms with Crippen molar-refractivity contribution in [3.63, 3.8) is 0 Å². The molecule has 30 heavy (non-hydrogen) atoms. The maximum atomic E-state index is 12.2. The van der Waals surface area contributed by atoms with E-state index in [0.29, 0.717) is 42.2 Å². The Morgan fingerprint density at radius 2 is 2.03 bits per heavy atom. The van der Waals surface area contributed by atoms with Crippen molar-refractivity contribution in [2.24, 2.45) is 5.92 Å². The summed E-state index contributed by atoms with van der Waals surface area (Å²) >= 11 is 1.46. The molecule has 10 nitrogen and oxygen atoms in total. The number of amides is 1. The average molecular weight is 443 g/mol. The summed E-state index contributed by atoms with van der Waals surface area (Å²) in [6, 6.07) is 0.530. The molecule has 2 N–H and O–H groups in total. The lowest BCUT2D eigenvalue weighted by Crippen LogP contribution is -2.45. The summed E-state index contributed by atoms with van der Waals surface area (Å²) in [5, 5.41) is 13.7. The third-order valence-electron chi connectivity index (χ3n) is 5.13. The van der Waals surface area contributed by atoms with Gasteiger partial charge in [0.15, 0.2) is 5.82 Å². The Morgan fingerprint density at radius 1 is 1.33 bits per heavy atom. The van der Waals surface area contributed by atoms with Gasteiger partial charge in [-0.15, -0.1) is 11.8 Å². The number of hydrogen-bond acceptors (Lipinski definition) is 9. The number of rotatable bonds is 10. The minimum Gasteiger partial charge on any atom is -0.483 e. The zero-order valence-electron chi connectivity index (χ0n) is 17.4. The quantitative estimate of drug-likeness (QED) is 0.402. The van der Waals surface area contributed by atoms with Crippen molar-refractivity contribution in [3.8, 4) is 0 Å². The van der Waals surface area contributed by atoms with Crippen molar-refractivity contribution < 1.29 is 28.8 Å². The molecule has 2 atom stereocenters. The smallest absolute Gasteiger partial charge is 0.307 e. The van der Waals surface area contributed by atoms with Gasteiger partial charge in [-0.05, 0) is 38.5 Å². The number of carbonyl (C=O) groups excluding carboxylic acids is 2. The van der Waals surface area contributed by atoms with Crippen molar-refractivity contribution >= 4 is 30.1 Å². The zero-order valence-corrected chi connectivity index (χ0v) is 18.2. The van der Waals surface area contributed by atoms with Crippen molar-refractivity contribution in [1.82, 2.24) is 20.4 Å². The number of carboxylic acid groups (broad SMARTS) is 1. The summed E-state index contributed by atoms with van der Waals surface area (Å²) in [4.78, 5) is 38.7. The molecule has 168 valence electrons. The van der Waals surface area contributed by atoms with Crippen molar-refractivity contribution in [3.05, 3.63) is 11.7 Å². The molecular formula is C19H30N4O6S. The Labute approximate surface area is 180 Å². The second kappa shape index (κ2) is 12.5. The third-order valence-corrected chi connectivity index (χ3v) is 6.05. The monoisotopic (exact) mass is 442 g/mol. The SMILES string of the molecule is COC(=O)C[C@H]1CC[C@@H](CNC(=O)CSCc2nc(C)no2)N1CC1CC1.O=CO. The molecule has 0 aromatic carbocycles. The highest BCUT2D eigenvalue weighted by Gasteiger charge is 2.38. The maximum absolute atomic E-state index is 12.2. The van der Waals surface area contributed by atoms with Gasteiger partial charge in [0.2, 0.25) is 11.8 Å². The molecule has 3 rings (SSSR count). The molecule has 0 bridgehead atoms. The topological polar surface area (TPSA) is 135 Å². The minimum atomic E-state index is -0.250. The van der Waals surface area contributed by atoms with E-state index in [0.717, 1.165) is 25.3 Å². The molecule has 11 heteroatoms. The van der Waals surface area contributed by atoms with Crippen molar-refractivity contribution in [1.29, 1.82) is 0 Å². The fourth-order valence-corrected chi connectivity index (χ4v) is 4.22. The van der Waals surface area contributed by atoms with Crippen LogP contribution in [-0.4, -0.2) is 76.5 Å². The number of aryl methyl sites for hydroxylation is 1. The molecule has 1 aromatic heterocycles. The lowest BCUT2D eigenvalue weighted by Gasteiger charge is -2.30. The average Bonchev–Trinajstić information content (AvgIpc) is 3.33. The lowest BCUT2D eigenvalue weighted by molar-refractivity contribution is -0.142. The van der Waals surface area contributed by atoms with Crippen LogP contribution in [0.4, 0.5) is 0 Å². The number of thioether (sulfide) groups is 1. The highest BCUT2D eigenvalue weighted by atomic mass is 32.2. The summed E-state index contributed by atoms with van der Waals surface area (Å²) in [6.07, 6.45) is 4.96. The van der Waals surface area contributed by atoms with Crippen LogP contribution in [0.3, 0.4) is 0 Å². The minimum absolute atomic E-state index is 0.0130. The van der Waals surface area contributed by atoms with Gasteiger partial charge in [0, 0.05) is 25.2 Å². The van der Waals surface area contributed by atoms with E-state index in [1.54, 1.807) is 6.92 Å². The van der Waals surface area contributed by atoms with Crippen LogP contribution in [0.15, 0.2) is 4.52 Å². The van der Waals surface area contributed by atoms with E-state index in [1.807, 2.05) is 0 Å². The largest absolute Gasteiger partial charge is 0.483 e. The molecule has 0 spiro atoms. The van der Waals surface area contributed by atoms with E-state index in [4.69, 9.17) is 19.2 Å². The van der Waals surface area contributed by atoms with Crippen LogP contribution >= 0.6 is 11.8 Å². The van der Waals surface area contributed by atoms with Gasteiger partial charge in [0.1, 0.15) is 0 Å². The number of esters is 1. The summed E-state index contributed by atoms with van der Waals surface area (Å²) in [6.45, 7) is 3.17. The second-order valence-corrected chi connectivity index (χ2v) is 8.43. The van der Waals surface area contributed by atoms with Gasteiger partial charge >= 0.3 is 5.97 Å². The molecule has 0 radical (unpaired) electrons. The standard InChI is InChI=1S/C18H28N4O4S.CH2O2/c1-12-20-17(26-21-12)11-27-10-16(23)19-8-15-6-5-14(7-18(24)25-2)22(15)9-13-3-4-13;2-1-3/h13-15H,3-11H2,1-2H3,(H,19,23);1H,(H,2,3)/t14-,15+;/m1./s1. The molecule has 2 aliphatic rings. The molecule has 1 amide bonds. The van der Waals surface area contributed by atoms with E-state index in [1.165, 1.54) is 31.7 Å². The first-order chi connectivity index (χ1) is 14.5. The summed E-state index contributed by atoms with van der Waals surface area (Å²) in [5.41, 5.74) is 0. The Balaban J connectivity index is 0.00000101. The molecule has 1 saturated carbocycles.